The molecule has 1 saturated carbocycles. The number of nitrogens with zero attached hydrogens (tertiary/aromatic N) is 1. The van der Waals surface area contributed by atoms with Crippen molar-refractivity contribution in [3.63, 3.8) is 0 Å². The lowest BCUT2D eigenvalue weighted by Gasteiger charge is -2.22. The van der Waals surface area contributed by atoms with Crippen LogP contribution in [0.15, 0.2) is 27.4 Å². The molecular weight excluding hydrogens is 218 g/mol. The van der Waals surface area contributed by atoms with Gasteiger partial charge in [0.05, 0.1) is 5.52 Å². The Labute approximate surface area is 98.2 Å². The van der Waals surface area contributed by atoms with Crippen molar-refractivity contribution in [2.24, 2.45) is 5.73 Å². The van der Waals surface area contributed by atoms with Gasteiger partial charge in [0.2, 0.25) is 0 Å². The molecule has 3 N–H and O–H groups in total. The summed E-state index contributed by atoms with van der Waals surface area (Å²) in [6, 6.07) is 5.67. The van der Waals surface area contributed by atoms with Gasteiger partial charge in [0.1, 0.15) is 0 Å². The number of hydrogen-bond donors (Lipinski definition) is 2. The van der Waals surface area contributed by atoms with Crippen LogP contribution in [0.3, 0.4) is 0 Å². The largest absolute Gasteiger partial charge is 0.417 e. The van der Waals surface area contributed by atoms with Gasteiger partial charge in [-0.25, -0.2) is 4.79 Å². The maximum absolute atomic E-state index is 11.1. The van der Waals surface area contributed by atoms with Crippen LogP contribution < -0.4 is 16.4 Å². The Hall–Kier alpha value is -1.75. The molecule has 2 aromatic rings. The number of hydrogen-bond acceptors (Lipinski definition) is 4. The average Bonchev–Trinajstić information content (AvgIpc) is 2.87. The quantitative estimate of drug-likeness (QED) is 0.830. The molecular formula is C12H15N3O2. The minimum absolute atomic E-state index is 0.0251. The predicted molar refractivity (Wildman–Crippen MR) is 66.3 cm³/mol. The lowest BCUT2D eigenvalue weighted by Crippen LogP contribution is -2.37. The van der Waals surface area contributed by atoms with E-state index in [1.165, 1.54) is 0 Å². The molecule has 0 spiro atoms. The molecule has 1 fully saturated rings. The van der Waals surface area contributed by atoms with Crippen molar-refractivity contribution in [2.75, 3.05) is 18.5 Å². The molecule has 3 rings (SSSR count). The van der Waals surface area contributed by atoms with Crippen LogP contribution >= 0.6 is 0 Å². The number of rotatable bonds is 3. The van der Waals surface area contributed by atoms with Gasteiger partial charge >= 0.3 is 5.76 Å². The summed E-state index contributed by atoms with van der Waals surface area (Å²) in [4.78, 5) is 15.8. The van der Waals surface area contributed by atoms with E-state index in [4.69, 9.17) is 10.2 Å². The summed E-state index contributed by atoms with van der Waals surface area (Å²) in [5.74, 6) is -0.419. The summed E-state index contributed by atoms with van der Waals surface area (Å²) in [6.07, 6.45) is 2.16. The third kappa shape index (κ3) is 1.93. The van der Waals surface area contributed by atoms with E-state index in [9.17, 15) is 4.79 Å². The smallest absolute Gasteiger partial charge is 0.408 e. The molecule has 1 aliphatic rings. The molecule has 17 heavy (non-hydrogen) atoms. The van der Waals surface area contributed by atoms with Crippen LogP contribution in [0.5, 0.6) is 0 Å². The monoisotopic (exact) mass is 233 g/mol. The molecule has 1 aromatic carbocycles. The predicted octanol–water partition coefficient (Wildman–Crippen LogP) is 1.05. The second kappa shape index (κ2) is 3.37. The zero-order valence-electron chi connectivity index (χ0n) is 9.69. The van der Waals surface area contributed by atoms with Gasteiger partial charge in [0.15, 0.2) is 5.58 Å². The molecule has 1 aromatic heterocycles. The van der Waals surface area contributed by atoms with E-state index in [0.717, 1.165) is 30.6 Å². The van der Waals surface area contributed by atoms with E-state index >= 15 is 0 Å². The first-order valence-electron chi connectivity index (χ1n) is 5.69. The molecule has 90 valence electrons. The fourth-order valence-corrected chi connectivity index (χ4v) is 2.05. The first-order valence-corrected chi connectivity index (χ1v) is 5.69. The van der Waals surface area contributed by atoms with Gasteiger partial charge in [-0.1, -0.05) is 0 Å². The van der Waals surface area contributed by atoms with Crippen LogP contribution in [0.1, 0.15) is 12.8 Å². The van der Waals surface area contributed by atoms with Crippen molar-refractivity contribution in [1.29, 1.82) is 0 Å². The third-order valence-electron chi connectivity index (χ3n) is 3.29. The Morgan fingerprint density at radius 3 is 3.00 bits per heavy atom. The van der Waals surface area contributed by atoms with Crippen molar-refractivity contribution in [2.45, 2.75) is 18.4 Å². The highest BCUT2D eigenvalue weighted by Crippen LogP contribution is 2.34. The van der Waals surface area contributed by atoms with Crippen LogP contribution in [0.25, 0.3) is 11.1 Å². The van der Waals surface area contributed by atoms with Crippen LogP contribution in [-0.2, 0) is 0 Å². The SMILES string of the molecule is CN(CC1(N)CC1)c1ccc2[nH]c(=O)oc2c1. The van der Waals surface area contributed by atoms with E-state index in [1.807, 2.05) is 25.2 Å². The van der Waals surface area contributed by atoms with Crippen molar-refractivity contribution in [3.8, 4) is 0 Å². The Kier molecular flexibility index (Phi) is 2.06. The van der Waals surface area contributed by atoms with Gasteiger partial charge in [-0.3, -0.25) is 4.98 Å². The van der Waals surface area contributed by atoms with Crippen molar-refractivity contribution in [3.05, 3.63) is 28.7 Å². The van der Waals surface area contributed by atoms with E-state index in [0.29, 0.717) is 5.58 Å². The maximum atomic E-state index is 11.1. The highest BCUT2D eigenvalue weighted by Gasteiger charge is 2.39. The number of fused-ring (bicyclic) bond motifs is 1. The normalized spacial score (nSPS) is 17.3. The molecule has 1 heterocycles. The summed E-state index contributed by atoms with van der Waals surface area (Å²) in [6.45, 7) is 0.827. The molecule has 0 atom stereocenters. The average molecular weight is 233 g/mol. The fraction of sp³-hybridized carbons (Fsp3) is 0.417. The number of H-pyrrole nitrogens is 1. The summed E-state index contributed by atoms with van der Waals surface area (Å²) >= 11 is 0. The Morgan fingerprint density at radius 2 is 2.29 bits per heavy atom. The van der Waals surface area contributed by atoms with Gasteiger partial charge in [0, 0.05) is 30.9 Å². The lowest BCUT2D eigenvalue weighted by molar-refractivity contribution is 0.555. The first kappa shape index (κ1) is 10.4. The highest BCUT2D eigenvalue weighted by molar-refractivity contribution is 5.77. The molecule has 0 aliphatic heterocycles. The van der Waals surface area contributed by atoms with Crippen molar-refractivity contribution < 1.29 is 4.42 Å². The van der Waals surface area contributed by atoms with Crippen LogP contribution in [0.4, 0.5) is 5.69 Å². The summed E-state index contributed by atoms with van der Waals surface area (Å²) in [7, 11) is 2.00. The van der Waals surface area contributed by atoms with Crippen molar-refractivity contribution in [1.82, 2.24) is 4.98 Å². The molecule has 5 nitrogen and oxygen atoms in total. The molecule has 0 amide bonds. The number of oxazole rings is 1. The van der Waals surface area contributed by atoms with Crippen LogP contribution in [-0.4, -0.2) is 24.1 Å². The third-order valence-corrected chi connectivity index (χ3v) is 3.29. The molecule has 1 aliphatic carbocycles. The molecule has 0 bridgehead atoms. The maximum Gasteiger partial charge on any atom is 0.417 e. The summed E-state index contributed by atoms with van der Waals surface area (Å²) < 4.78 is 5.04. The van der Waals surface area contributed by atoms with E-state index < -0.39 is 5.76 Å². The standard InChI is InChI=1S/C12H15N3O2/c1-15(7-12(13)4-5-12)8-2-3-9-10(6-8)17-11(16)14-9/h2-3,6H,4-5,7,13H2,1H3,(H,14,16). The molecule has 0 saturated heterocycles. The summed E-state index contributed by atoms with van der Waals surface area (Å²) in [5.41, 5.74) is 8.37. The number of nitrogens with two attached hydrogens (primary N) is 1. The Bertz CT molecular complexity index is 609. The number of likely N-dealkylation sites (N-methyl/N-ethyl adjacent to an activating group) is 1. The van der Waals surface area contributed by atoms with Gasteiger partial charge in [-0.2, -0.15) is 0 Å². The molecule has 0 unspecified atom stereocenters. The first-order chi connectivity index (χ1) is 8.06. The van der Waals surface area contributed by atoms with Gasteiger partial charge < -0.3 is 15.1 Å². The minimum Gasteiger partial charge on any atom is -0.408 e. The van der Waals surface area contributed by atoms with Gasteiger partial charge in [-0.05, 0) is 25.0 Å². The number of aromatic amines is 1. The number of aromatic nitrogens is 1. The lowest BCUT2D eigenvalue weighted by atomic mass is 10.2. The van der Waals surface area contributed by atoms with Crippen LogP contribution in [0, 0.1) is 0 Å². The topological polar surface area (TPSA) is 75.3 Å². The van der Waals surface area contributed by atoms with Gasteiger partial charge in [0.25, 0.3) is 0 Å². The fourth-order valence-electron chi connectivity index (χ4n) is 2.05. The van der Waals surface area contributed by atoms with E-state index in [-0.39, 0.29) is 5.54 Å². The second-order valence-electron chi connectivity index (χ2n) is 4.91. The second-order valence-corrected chi connectivity index (χ2v) is 4.91. The minimum atomic E-state index is -0.419. The highest BCUT2D eigenvalue weighted by atomic mass is 16.4. The molecule has 5 heteroatoms. The van der Waals surface area contributed by atoms with Gasteiger partial charge in [-0.15, -0.1) is 0 Å². The van der Waals surface area contributed by atoms with E-state index in [2.05, 4.69) is 9.88 Å². The van der Waals surface area contributed by atoms with Crippen molar-refractivity contribution >= 4 is 16.8 Å². The van der Waals surface area contributed by atoms with Crippen LogP contribution in [0.2, 0.25) is 0 Å². The zero-order valence-corrected chi connectivity index (χ0v) is 9.69. The van der Waals surface area contributed by atoms with E-state index in [1.54, 1.807) is 0 Å². The molecule has 0 radical (unpaired) electrons. The zero-order chi connectivity index (χ0) is 12.0. The number of nitrogens with one attached hydrogen (secondary N) is 1. The Morgan fingerprint density at radius 1 is 1.53 bits per heavy atom. The number of anilines is 1. The summed E-state index contributed by atoms with van der Waals surface area (Å²) in [5, 5.41) is 0. The number of benzene rings is 1. The Balaban J connectivity index is 1.91.